The molecule has 2 rings (SSSR count). The highest BCUT2D eigenvalue weighted by atomic mass is 15.3. The molecule has 4 heteroatoms. The summed E-state index contributed by atoms with van der Waals surface area (Å²) >= 11 is 0. The molecule has 94 valence electrons. The van der Waals surface area contributed by atoms with Crippen LogP contribution >= 0.6 is 0 Å². The van der Waals surface area contributed by atoms with Gasteiger partial charge in [-0.15, -0.1) is 0 Å². The van der Waals surface area contributed by atoms with E-state index < -0.39 is 0 Å². The van der Waals surface area contributed by atoms with Crippen LogP contribution in [0.4, 0.5) is 5.95 Å². The Morgan fingerprint density at radius 1 is 1.29 bits per heavy atom. The van der Waals surface area contributed by atoms with E-state index in [-0.39, 0.29) is 5.54 Å². The van der Waals surface area contributed by atoms with E-state index in [9.17, 15) is 0 Å². The summed E-state index contributed by atoms with van der Waals surface area (Å²) in [5.74, 6) is 1.34. The molecule has 1 aromatic rings. The van der Waals surface area contributed by atoms with E-state index in [1.54, 1.807) is 0 Å². The minimum Gasteiger partial charge on any atom is -0.338 e. The number of nitrogens with zero attached hydrogens (tertiary/aromatic N) is 3. The molecule has 1 aliphatic rings. The second-order valence-corrected chi connectivity index (χ2v) is 5.70. The Labute approximate surface area is 103 Å². The van der Waals surface area contributed by atoms with Crippen LogP contribution in [-0.2, 0) is 0 Å². The summed E-state index contributed by atoms with van der Waals surface area (Å²) in [6, 6.07) is 0. The van der Waals surface area contributed by atoms with Gasteiger partial charge in [0.15, 0.2) is 0 Å². The average Bonchev–Trinajstić information content (AvgIpc) is 2.28. The van der Waals surface area contributed by atoms with E-state index in [0.29, 0.717) is 5.92 Å². The first-order valence-corrected chi connectivity index (χ1v) is 6.30. The van der Waals surface area contributed by atoms with Gasteiger partial charge in [-0.2, -0.15) is 0 Å². The molecule has 2 heterocycles. The van der Waals surface area contributed by atoms with Crippen molar-refractivity contribution in [2.75, 3.05) is 24.5 Å². The average molecular weight is 234 g/mol. The lowest BCUT2D eigenvalue weighted by Crippen LogP contribution is -2.57. The van der Waals surface area contributed by atoms with Crippen molar-refractivity contribution in [3.63, 3.8) is 0 Å². The molecule has 0 aliphatic carbocycles. The maximum Gasteiger partial charge on any atom is 0.225 e. The van der Waals surface area contributed by atoms with Crippen LogP contribution in [0, 0.1) is 0 Å². The summed E-state index contributed by atoms with van der Waals surface area (Å²) in [6.45, 7) is 11.7. The lowest BCUT2D eigenvalue weighted by atomic mass is 10.0. The quantitative estimate of drug-likeness (QED) is 0.847. The maximum absolute atomic E-state index is 4.48. The number of piperazine rings is 1. The number of anilines is 1. The molecular weight excluding hydrogens is 212 g/mol. The summed E-state index contributed by atoms with van der Waals surface area (Å²) in [6.07, 6.45) is 3.89. The van der Waals surface area contributed by atoms with E-state index in [4.69, 9.17) is 0 Å². The van der Waals surface area contributed by atoms with Crippen LogP contribution in [0.25, 0.3) is 0 Å². The van der Waals surface area contributed by atoms with Crippen molar-refractivity contribution in [3.05, 3.63) is 18.0 Å². The first-order valence-electron chi connectivity index (χ1n) is 6.30. The summed E-state index contributed by atoms with van der Waals surface area (Å²) in [4.78, 5) is 11.2. The first kappa shape index (κ1) is 12.3. The molecular formula is C13H22N4. The second-order valence-electron chi connectivity index (χ2n) is 5.70. The minimum atomic E-state index is 0.137. The molecule has 0 saturated carbocycles. The Balaban J connectivity index is 2.12. The van der Waals surface area contributed by atoms with E-state index in [0.717, 1.165) is 25.6 Å². The monoisotopic (exact) mass is 234 g/mol. The fourth-order valence-electron chi connectivity index (χ4n) is 2.10. The zero-order valence-corrected chi connectivity index (χ0v) is 11.2. The zero-order chi connectivity index (χ0) is 12.5. The van der Waals surface area contributed by atoms with Crippen LogP contribution in [0.2, 0.25) is 0 Å². The van der Waals surface area contributed by atoms with Crippen molar-refractivity contribution in [1.82, 2.24) is 15.3 Å². The smallest absolute Gasteiger partial charge is 0.225 e. The van der Waals surface area contributed by atoms with Crippen molar-refractivity contribution in [2.45, 2.75) is 39.2 Å². The Hall–Kier alpha value is -1.16. The molecule has 0 amide bonds. The molecule has 1 saturated heterocycles. The molecule has 0 atom stereocenters. The Morgan fingerprint density at radius 3 is 2.47 bits per heavy atom. The third kappa shape index (κ3) is 2.94. The van der Waals surface area contributed by atoms with Gasteiger partial charge in [-0.1, -0.05) is 13.8 Å². The summed E-state index contributed by atoms with van der Waals surface area (Å²) in [7, 11) is 0. The molecule has 17 heavy (non-hydrogen) atoms. The first-order chi connectivity index (χ1) is 7.98. The van der Waals surface area contributed by atoms with Crippen molar-refractivity contribution in [2.24, 2.45) is 0 Å². The molecule has 1 N–H and O–H groups in total. The summed E-state index contributed by atoms with van der Waals surface area (Å²) in [5, 5.41) is 3.49. The number of hydrogen-bond donors (Lipinski definition) is 1. The standard InChI is InChI=1S/C13H22N4/c1-10(2)11-7-14-12(15-8-11)17-6-5-16-13(3,4)9-17/h7-8,10,16H,5-6,9H2,1-4H3. The lowest BCUT2D eigenvalue weighted by molar-refractivity contribution is 0.350. The van der Waals surface area contributed by atoms with Crippen molar-refractivity contribution < 1.29 is 0 Å². The predicted octanol–water partition coefficient (Wildman–Crippen LogP) is 1.79. The molecule has 0 spiro atoms. The molecule has 1 aromatic heterocycles. The molecule has 1 fully saturated rings. The van der Waals surface area contributed by atoms with Crippen LogP contribution in [0.1, 0.15) is 39.2 Å². The van der Waals surface area contributed by atoms with Crippen molar-refractivity contribution in [3.8, 4) is 0 Å². The minimum absolute atomic E-state index is 0.137. The van der Waals surface area contributed by atoms with Crippen molar-refractivity contribution in [1.29, 1.82) is 0 Å². The molecule has 0 unspecified atom stereocenters. The highest BCUT2D eigenvalue weighted by Gasteiger charge is 2.26. The van der Waals surface area contributed by atoms with Crippen LogP contribution in [0.5, 0.6) is 0 Å². The fourth-order valence-corrected chi connectivity index (χ4v) is 2.10. The largest absolute Gasteiger partial charge is 0.338 e. The van der Waals surface area contributed by atoms with Crippen LogP contribution in [-0.4, -0.2) is 35.1 Å². The predicted molar refractivity (Wildman–Crippen MR) is 70.4 cm³/mol. The number of nitrogens with one attached hydrogen (secondary N) is 1. The highest BCUT2D eigenvalue weighted by Crippen LogP contribution is 2.17. The number of hydrogen-bond acceptors (Lipinski definition) is 4. The number of rotatable bonds is 2. The van der Waals surface area contributed by atoms with Gasteiger partial charge >= 0.3 is 0 Å². The summed E-state index contributed by atoms with van der Waals surface area (Å²) in [5.41, 5.74) is 1.33. The highest BCUT2D eigenvalue weighted by molar-refractivity contribution is 5.32. The Kier molecular flexibility index (Phi) is 3.33. The lowest BCUT2D eigenvalue weighted by Gasteiger charge is -2.39. The van der Waals surface area contributed by atoms with Gasteiger partial charge in [-0.3, -0.25) is 0 Å². The van der Waals surface area contributed by atoms with Gasteiger partial charge in [0.1, 0.15) is 0 Å². The second kappa shape index (κ2) is 4.61. The Morgan fingerprint density at radius 2 is 1.94 bits per heavy atom. The van der Waals surface area contributed by atoms with Gasteiger partial charge in [0.25, 0.3) is 0 Å². The van der Waals surface area contributed by atoms with E-state index in [1.165, 1.54) is 5.56 Å². The molecule has 1 aliphatic heterocycles. The zero-order valence-electron chi connectivity index (χ0n) is 11.2. The van der Waals surface area contributed by atoms with Gasteiger partial charge in [-0.25, -0.2) is 9.97 Å². The number of aromatic nitrogens is 2. The maximum atomic E-state index is 4.48. The Bertz CT molecular complexity index is 370. The van der Waals surface area contributed by atoms with Crippen molar-refractivity contribution >= 4 is 5.95 Å². The van der Waals surface area contributed by atoms with Gasteiger partial charge < -0.3 is 10.2 Å². The fraction of sp³-hybridized carbons (Fsp3) is 0.692. The van der Waals surface area contributed by atoms with Crippen LogP contribution in [0.15, 0.2) is 12.4 Å². The SMILES string of the molecule is CC(C)c1cnc(N2CCNC(C)(C)C2)nc1. The van der Waals surface area contributed by atoms with E-state index in [2.05, 4.69) is 47.9 Å². The normalized spacial score (nSPS) is 19.7. The third-order valence-electron chi connectivity index (χ3n) is 3.18. The van der Waals surface area contributed by atoms with E-state index in [1.807, 2.05) is 12.4 Å². The third-order valence-corrected chi connectivity index (χ3v) is 3.18. The van der Waals surface area contributed by atoms with Gasteiger partial charge in [-0.05, 0) is 25.3 Å². The van der Waals surface area contributed by atoms with Gasteiger partial charge in [0.2, 0.25) is 5.95 Å². The van der Waals surface area contributed by atoms with Crippen LogP contribution < -0.4 is 10.2 Å². The molecule has 0 bridgehead atoms. The van der Waals surface area contributed by atoms with E-state index >= 15 is 0 Å². The molecule has 0 radical (unpaired) electrons. The van der Waals surface area contributed by atoms with Gasteiger partial charge in [0.05, 0.1) is 0 Å². The van der Waals surface area contributed by atoms with Gasteiger partial charge in [0, 0.05) is 37.6 Å². The molecule has 4 nitrogen and oxygen atoms in total. The summed E-state index contributed by atoms with van der Waals surface area (Å²) < 4.78 is 0. The topological polar surface area (TPSA) is 41.1 Å². The molecule has 0 aromatic carbocycles. The van der Waals surface area contributed by atoms with Crippen LogP contribution in [0.3, 0.4) is 0 Å².